The van der Waals surface area contributed by atoms with Gasteiger partial charge in [0.15, 0.2) is 0 Å². The monoisotopic (exact) mass is 240 g/mol. The highest BCUT2D eigenvalue weighted by Crippen LogP contribution is 2.36. The molecule has 0 N–H and O–H groups in total. The van der Waals surface area contributed by atoms with Crippen LogP contribution in [0.25, 0.3) is 0 Å². The first-order chi connectivity index (χ1) is 4.55. The molecule has 60 valence electrons. The normalized spacial score (nSPS) is 55.4. The predicted octanol–water partition coefficient (Wildman–Crippen LogP) is 2.09. The van der Waals surface area contributed by atoms with Crippen molar-refractivity contribution < 1.29 is 4.21 Å². The highest BCUT2D eigenvalue weighted by molar-refractivity contribution is 7.89. The molecular formula is C4H4Cl4OS. The van der Waals surface area contributed by atoms with Gasteiger partial charge in [0.25, 0.3) is 0 Å². The van der Waals surface area contributed by atoms with Crippen LogP contribution < -0.4 is 0 Å². The molecule has 0 bridgehead atoms. The fraction of sp³-hybridized carbons (Fsp3) is 1.00. The molecule has 1 fully saturated rings. The maximum atomic E-state index is 11.0. The van der Waals surface area contributed by atoms with Crippen LogP contribution in [0.3, 0.4) is 0 Å². The van der Waals surface area contributed by atoms with E-state index in [0.717, 1.165) is 0 Å². The van der Waals surface area contributed by atoms with Crippen molar-refractivity contribution in [1.29, 1.82) is 0 Å². The molecule has 6 heteroatoms. The SMILES string of the molecule is O=S1C(Cl)C(Cl)C(Cl)C1Cl. The van der Waals surface area contributed by atoms with Gasteiger partial charge in [0.2, 0.25) is 0 Å². The number of halogens is 4. The van der Waals surface area contributed by atoms with Crippen LogP contribution in [-0.2, 0) is 10.8 Å². The Bertz CT molecular complexity index is 147. The van der Waals surface area contributed by atoms with Crippen molar-refractivity contribution in [3.05, 3.63) is 0 Å². The van der Waals surface area contributed by atoms with E-state index in [1.54, 1.807) is 0 Å². The van der Waals surface area contributed by atoms with Crippen LogP contribution in [0.15, 0.2) is 0 Å². The summed E-state index contributed by atoms with van der Waals surface area (Å²) in [5.74, 6) is 0. The molecule has 1 heterocycles. The molecule has 0 aliphatic carbocycles. The second-order valence-corrected chi connectivity index (χ2v) is 6.06. The summed E-state index contributed by atoms with van der Waals surface area (Å²) in [6.45, 7) is 0. The predicted molar refractivity (Wildman–Crippen MR) is 46.7 cm³/mol. The standard InChI is InChI=1S/C4H4Cl4OS/c5-1-2(6)4(8)10(9)3(1)7/h1-4H. The average molecular weight is 242 g/mol. The second kappa shape index (κ2) is 3.36. The average Bonchev–Trinajstić information content (AvgIpc) is 2.07. The molecule has 0 spiro atoms. The first-order valence-electron chi connectivity index (χ1n) is 2.51. The van der Waals surface area contributed by atoms with Crippen molar-refractivity contribution in [3.8, 4) is 0 Å². The number of rotatable bonds is 0. The Hall–Kier alpha value is 1.31. The fourth-order valence-corrected chi connectivity index (χ4v) is 4.13. The van der Waals surface area contributed by atoms with E-state index in [4.69, 9.17) is 46.4 Å². The van der Waals surface area contributed by atoms with E-state index in [9.17, 15) is 4.21 Å². The maximum Gasteiger partial charge on any atom is 0.128 e. The Morgan fingerprint density at radius 1 is 0.900 bits per heavy atom. The topological polar surface area (TPSA) is 17.1 Å². The second-order valence-electron chi connectivity index (χ2n) is 1.92. The smallest absolute Gasteiger partial charge is 0.128 e. The summed E-state index contributed by atoms with van der Waals surface area (Å²) in [5, 5.41) is -0.988. The van der Waals surface area contributed by atoms with E-state index in [2.05, 4.69) is 0 Å². The molecule has 1 rings (SSSR count). The van der Waals surface area contributed by atoms with Crippen LogP contribution in [-0.4, -0.2) is 24.4 Å². The molecule has 1 saturated heterocycles. The van der Waals surface area contributed by atoms with Gasteiger partial charge in [-0.3, -0.25) is 4.21 Å². The zero-order chi connectivity index (χ0) is 7.89. The Morgan fingerprint density at radius 3 is 1.30 bits per heavy atom. The van der Waals surface area contributed by atoms with Gasteiger partial charge in [-0.05, 0) is 0 Å². The third-order valence-corrected chi connectivity index (χ3v) is 6.05. The molecule has 0 amide bonds. The minimum atomic E-state index is -1.31. The van der Waals surface area contributed by atoms with Crippen molar-refractivity contribution in [3.63, 3.8) is 0 Å². The van der Waals surface area contributed by atoms with Gasteiger partial charge in [-0.1, -0.05) is 0 Å². The van der Waals surface area contributed by atoms with Gasteiger partial charge >= 0.3 is 0 Å². The third kappa shape index (κ3) is 1.42. The van der Waals surface area contributed by atoms with Crippen molar-refractivity contribution in [1.82, 2.24) is 0 Å². The summed E-state index contributed by atoms with van der Waals surface area (Å²) >= 11 is 22.5. The van der Waals surface area contributed by atoms with E-state index in [-0.39, 0.29) is 0 Å². The van der Waals surface area contributed by atoms with Crippen LogP contribution in [0, 0.1) is 0 Å². The zero-order valence-electron chi connectivity index (χ0n) is 4.64. The highest BCUT2D eigenvalue weighted by atomic mass is 35.5. The zero-order valence-corrected chi connectivity index (χ0v) is 8.48. The molecule has 0 aromatic heterocycles. The first-order valence-corrected chi connectivity index (χ1v) is 5.53. The number of alkyl halides is 4. The van der Waals surface area contributed by atoms with Gasteiger partial charge in [-0.2, -0.15) is 0 Å². The number of hydrogen-bond donors (Lipinski definition) is 0. The van der Waals surface area contributed by atoms with Gasteiger partial charge in [-0.25, -0.2) is 0 Å². The molecule has 1 nitrogen and oxygen atoms in total. The van der Waals surface area contributed by atoms with Crippen molar-refractivity contribution in [2.24, 2.45) is 0 Å². The Labute approximate surface area is 81.4 Å². The molecule has 0 radical (unpaired) electrons. The van der Waals surface area contributed by atoms with E-state index >= 15 is 0 Å². The van der Waals surface area contributed by atoms with Gasteiger partial charge in [-0.15, -0.1) is 46.4 Å². The summed E-state index contributed by atoms with van der Waals surface area (Å²) in [6, 6.07) is 0. The summed E-state index contributed by atoms with van der Waals surface area (Å²) in [7, 11) is -1.31. The van der Waals surface area contributed by atoms with Gasteiger partial charge in [0.05, 0.1) is 21.6 Å². The van der Waals surface area contributed by atoms with Gasteiger partial charge < -0.3 is 0 Å². The molecule has 4 atom stereocenters. The van der Waals surface area contributed by atoms with Crippen molar-refractivity contribution in [2.75, 3.05) is 0 Å². The van der Waals surface area contributed by atoms with E-state index < -0.39 is 31.0 Å². The summed E-state index contributed by atoms with van der Waals surface area (Å²) in [4.78, 5) is 0. The Kier molecular flexibility index (Phi) is 3.16. The lowest BCUT2D eigenvalue weighted by atomic mass is 10.4. The van der Waals surface area contributed by atoms with Gasteiger partial charge in [0, 0.05) is 0 Å². The lowest BCUT2D eigenvalue weighted by Crippen LogP contribution is -2.17. The Balaban J connectivity index is 2.78. The maximum absolute atomic E-state index is 11.0. The fourth-order valence-electron chi connectivity index (χ4n) is 0.670. The largest absolute Gasteiger partial charge is 0.256 e. The van der Waals surface area contributed by atoms with Crippen LogP contribution in [0.1, 0.15) is 0 Å². The Morgan fingerprint density at radius 2 is 1.20 bits per heavy atom. The molecule has 1 aliphatic rings. The van der Waals surface area contributed by atoms with Crippen molar-refractivity contribution in [2.45, 2.75) is 20.2 Å². The van der Waals surface area contributed by atoms with Crippen molar-refractivity contribution >= 4 is 57.2 Å². The number of hydrogen-bond acceptors (Lipinski definition) is 1. The lowest BCUT2D eigenvalue weighted by Gasteiger charge is -2.04. The van der Waals surface area contributed by atoms with Crippen LogP contribution in [0.2, 0.25) is 0 Å². The van der Waals surface area contributed by atoms with Crippen LogP contribution >= 0.6 is 46.4 Å². The molecule has 4 unspecified atom stereocenters. The summed E-state index contributed by atoms with van der Waals surface area (Å²) in [6.07, 6.45) is 0. The summed E-state index contributed by atoms with van der Waals surface area (Å²) < 4.78 is 9.77. The molecule has 0 saturated carbocycles. The quantitative estimate of drug-likeness (QED) is 0.594. The van der Waals surface area contributed by atoms with E-state index in [0.29, 0.717) is 0 Å². The van der Waals surface area contributed by atoms with E-state index in [1.807, 2.05) is 0 Å². The van der Waals surface area contributed by atoms with Crippen LogP contribution in [0.5, 0.6) is 0 Å². The van der Waals surface area contributed by atoms with Crippen LogP contribution in [0.4, 0.5) is 0 Å². The van der Waals surface area contributed by atoms with Gasteiger partial charge in [0.1, 0.15) is 9.42 Å². The molecule has 0 aromatic carbocycles. The summed E-state index contributed by atoms with van der Waals surface area (Å²) in [5.41, 5.74) is 0. The first kappa shape index (κ1) is 9.40. The minimum absolute atomic E-state index is 0.494. The highest BCUT2D eigenvalue weighted by Gasteiger charge is 2.45. The lowest BCUT2D eigenvalue weighted by molar-refractivity contribution is 0.684. The molecule has 0 aromatic rings. The minimum Gasteiger partial charge on any atom is -0.256 e. The van der Waals surface area contributed by atoms with E-state index in [1.165, 1.54) is 0 Å². The third-order valence-electron chi connectivity index (χ3n) is 1.25. The molecule has 10 heavy (non-hydrogen) atoms. The molecular weight excluding hydrogens is 238 g/mol. The molecule has 1 aliphatic heterocycles.